The third-order valence-electron chi connectivity index (χ3n) is 5.77. The molecule has 3 heterocycles. The molecule has 0 saturated carbocycles. The zero-order chi connectivity index (χ0) is 24.7. The summed E-state index contributed by atoms with van der Waals surface area (Å²) in [6, 6.07) is 5.13. The average molecular weight is 486 g/mol. The van der Waals surface area contributed by atoms with Crippen LogP contribution in [0.3, 0.4) is 0 Å². The van der Waals surface area contributed by atoms with Crippen LogP contribution in [-0.4, -0.2) is 48.8 Å². The molecule has 2 aromatic heterocycles. The van der Waals surface area contributed by atoms with Gasteiger partial charge in [0.1, 0.15) is 0 Å². The summed E-state index contributed by atoms with van der Waals surface area (Å²) >= 11 is 6.09. The van der Waals surface area contributed by atoms with Crippen LogP contribution >= 0.6 is 11.6 Å². The van der Waals surface area contributed by atoms with Crippen LogP contribution < -0.4 is 16.3 Å². The Labute approximate surface area is 199 Å². The lowest BCUT2D eigenvalue weighted by atomic mass is 10.0. The third-order valence-corrected chi connectivity index (χ3v) is 6.00. The molecule has 0 radical (unpaired) electrons. The van der Waals surface area contributed by atoms with Crippen molar-refractivity contribution >= 4 is 40.8 Å². The zero-order valence-electron chi connectivity index (χ0n) is 18.8. The number of fused-ring (bicyclic) bond motifs is 1. The third kappa shape index (κ3) is 4.25. The minimum Gasteiger partial charge on any atom is -0.493 e. The second-order valence-corrected chi connectivity index (χ2v) is 8.66. The quantitative estimate of drug-likeness (QED) is 0.338. The van der Waals surface area contributed by atoms with Gasteiger partial charge in [0.2, 0.25) is 5.88 Å². The maximum Gasteiger partial charge on any atom is 0.330 e. The van der Waals surface area contributed by atoms with Crippen molar-refractivity contribution in [3.8, 4) is 5.88 Å². The number of aromatic amines is 1. The summed E-state index contributed by atoms with van der Waals surface area (Å²) in [5, 5.41) is 26.0. The SMILES string of the molecule is Cc1[nH]c(C=C2C(=O)Nc3ccc(Cl)cc32)c(C)c1C(=O)NC[C@@H](O)Cn1c(O)cn(C)c1=O. The number of imidazole rings is 1. The first-order valence-corrected chi connectivity index (χ1v) is 10.9. The molecule has 2 amide bonds. The van der Waals surface area contributed by atoms with Gasteiger partial charge in [0.25, 0.3) is 11.8 Å². The van der Waals surface area contributed by atoms with Crippen molar-refractivity contribution in [2.45, 2.75) is 26.5 Å². The zero-order valence-corrected chi connectivity index (χ0v) is 19.5. The Bertz CT molecular complexity index is 1400. The highest BCUT2D eigenvalue weighted by Crippen LogP contribution is 2.35. The normalized spacial score (nSPS) is 14.9. The molecular formula is C23H24ClN5O5. The van der Waals surface area contributed by atoms with Gasteiger partial charge in [-0.15, -0.1) is 0 Å². The van der Waals surface area contributed by atoms with E-state index in [1.165, 1.54) is 17.8 Å². The van der Waals surface area contributed by atoms with E-state index < -0.39 is 17.7 Å². The van der Waals surface area contributed by atoms with Crippen LogP contribution in [0.4, 0.5) is 5.69 Å². The number of hydrogen-bond donors (Lipinski definition) is 5. The molecule has 11 heteroatoms. The van der Waals surface area contributed by atoms with Gasteiger partial charge in [0.15, 0.2) is 0 Å². The number of benzene rings is 1. The lowest BCUT2D eigenvalue weighted by Gasteiger charge is -2.13. The van der Waals surface area contributed by atoms with Crippen LogP contribution in [0.15, 0.2) is 29.2 Å². The number of nitrogens with zero attached hydrogens (tertiary/aromatic N) is 2. The molecule has 1 aliphatic rings. The first-order chi connectivity index (χ1) is 16.1. The number of aromatic nitrogens is 3. The van der Waals surface area contributed by atoms with Gasteiger partial charge in [-0.05, 0) is 43.7 Å². The Hall–Kier alpha value is -3.76. The number of aliphatic hydroxyl groups excluding tert-OH is 1. The van der Waals surface area contributed by atoms with E-state index in [0.717, 1.165) is 4.57 Å². The Balaban J connectivity index is 1.51. The lowest BCUT2D eigenvalue weighted by Crippen LogP contribution is -2.37. The summed E-state index contributed by atoms with van der Waals surface area (Å²) in [6.07, 6.45) is 1.82. The number of aromatic hydroxyl groups is 1. The highest BCUT2D eigenvalue weighted by molar-refractivity contribution is 6.36. The minimum atomic E-state index is -1.10. The Morgan fingerprint density at radius 2 is 2.03 bits per heavy atom. The van der Waals surface area contributed by atoms with E-state index in [2.05, 4.69) is 15.6 Å². The number of halogens is 1. The standard InChI is InChI=1S/C23H24ClN5O5/c1-11-18(7-16-15-6-13(24)4-5-17(15)27-21(16)32)26-12(2)20(11)22(33)25-8-14(30)9-29-19(31)10-28(3)23(29)34/h4-7,10,14,26,30-31H,8-9H2,1-3H3,(H,25,33)(H,27,32)/t14-/m1/s1. The molecule has 34 heavy (non-hydrogen) atoms. The molecule has 1 aliphatic heterocycles. The molecule has 3 aromatic rings. The van der Waals surface area contributed by atoms with Gasteiger partial charge in [0.05, 0.1) is 30.0 Å². The second-order valence-electron chi connectivity index (χ2n) is 8.22. The van der Waals surface area contributed by atoms with Gasteiger partial charge in [-0.25, -0.2) is 4.79 Å². The number of rotatable bonds is 6. The van der Waals surface area contributed by atoms with Crippen molar-refractivity contribution in [1.29, 1.82) is 0 Å². The van der Waals surface area contributed by atoms with Gasteiger partial charge in [0, 0.05) is 41.3 Å². The number of aliphatic hydroxyl groups is 1. The molecule has 178 valence electrons. The Morgan fingerprint density at radius 3 is 2.71 bits per heavy atom. The molecule has 0 aliphatic carbocycles. The Kier molecular flexibility index (Phi) is 6.11. The summed E-state index contributed by atoms with van der Waals surface area (Å²) < 4.78 is 2.21. The number of carbonyl (C=O) groups is 2. The molecule has 0 fully saturated rings. The van der Waals surface area contributed by atoms with Crippen LogP contribution in [0.2, 0.25) is 5.02 Å². The molecule has 1 atom stereocenters. The van der Waals surface area contributed by atoms with E-state index in [0.29, 0.717) is 44.4 Å². The molecular weight excluding hydrogens is 462 g/mol. The van der Waals surface area contributed by atoms with Crippen LogP contribution in [0.5, 0.6) is 5.88 Å². The van der Waals surface area contributed by atoms with E-state index >= 15 is 0 Å². The van der Waals surface area contributed by atoms with Crippen molar-refractivity contribution in [3.05, 3.63) is 68.0 Å². The van der Waals surface area contributed by atoms with Crippen LogP contribution in [0.1, 0.15) is 32.9 Å². The van der Waals surface area contributed by atoms with Crippen molar-refractivity contribution in [3.63, 3.8) is 0 Å². The van der Waals surface area contributed by atoms with E-state index in [-0.39, 0.29) is 24.9 Å². The number of nitrogens with one attached hydrogen (secondary N) is 3. The maximum atomic E-state index is 12.9. The monoisotopic (exact) mass is 485 g/mol. The number of hydrogen-bond acceptors (Lipinski definition) is 5. The number of H-pyrrole nitrogens is 1. The molecule has 0 saturated heterocycles. The summed E-state index contributed by atoms with van der Waals surface area (Å²) in [7, 11) is 1.49. The molecule has 0 spiro atoms. The second kappa shape index (κ2) is 8.88. The molecule has 4 rings (SSSR count). The predicted molar refractivity (Wildman–Crippen MR) is 128 cm³/mol. The van der Waals surface area contributed by atoms with Gasteiger partial charge in [-0.3, -0.25) is 18.7 Å². The topological polar surface area (TPSA) is 141 Å². The van der Waals surface area contributed by atoms with Gasteiger partial charge < -0.3 is 25.8 Å². The molecule has 1 aromatic carbocycles. The van der Waals surface area contributed by atoms with Crippen molar-refractivity contribution in [1.82, 2.24) is 19.4 Å². The fraction of sp³-hybridized carbons (Fsp3) is 0.261. The summed E-state index contributed by atoms with van der Waals surface area (Å²) in [5.41, 5.74) is 3.52. The maximum absolute atomic E-state index is 12.9. The number of carbonyl (C=O) groups excluding carboxylic acids is 2. The van der Waals surface area contributed by atoms with Gasteiger partial charge in [-0.2, -0.15) is 0 Å². The smallest absolute Gasteiger partial charge is 0.330 e. The van der Waals surface area contributed by atoms with Crippen molar-refractivity contribution < 1.29 is 19.8 Å². The summed E-state index contributed by atoms with van der Waals surface area (Å²) in [6.45, 7) is 3.19. The molecule has 0 unspecified atom stereocenters. The number of anilines is 1. The summed E-state index contributed by atoms with van der Waals surface area (Å²) in [4.78, 5) is 40.4. The Morgan fingerprint density at radius 1 is 1.29 bits per heavy atom. The fourth-order valence-corrected chi connectivity index (χ4v) is 4.21. The first-order valence-electron chi connectivity index (χ1n) is 10.5. The summed E-state index contributed by atoms with van der Waals surface area (Å²) in [5.74, 6) is -0.956. The van der Waals surface area contributed by atoms with E-state index in [9.17, 15) is 24.6 Å². The minimum absolute atomic E-state index is 0.131. The van der Waals surface area contributed by atoms with Crippen molar-refractivity contribution in [2.24, 2.45) is 7.05 Å². The number of amides is 2. The first kappa shape index (κ1) is 23.4. The van der Waals surface area contributed by atoms with Crippen LogP contribution in [0.25, 0.3) is 11.6 Å². The van der Waals surface area contributed by atoms with Gasteiger partial charge >= 0.3 is 5.69 Å². The van der Waals surface area contributed by atoms with E-state index in [1.54, 1.807) is 38.1 Å². The highest BCUT2D eigenvalue weighted by Gasteiger charge is 2.26. The van der Waals surface area contributed by atoms with Crippen molar-refractivity contribution in [2.75, 3.05) is 11.9 Å². The van der Waals surface area contributed by atoms with Crippen LogP contribution in [-0.2, 0) is 18.4 Å². The van der Waals surface area contributed by atoms with E-state index in [1.807, 2.05) is 0 Å². The molecule has 10 nitrogen and oxygen atoms in total. The highest BCUT2D eigenvalue weighted by atomic mass is 35.5. The average Bonchev–Trinajstić information content (AvgIpc) is 3.32. The van der Waals surface area contributed by atoms with E-state index in [4.69, 9.17) is 11.6 Å². The largest absolute Gasteiger partial charge is 0.493 e. The molecule has 0 bridgehead atoms. The molecule has 5 N–H and O–H groups in total. The fourth-order valence-electron chi connectivity index (χ4n) is 4.04. The van der Waals surface area contributed by atoms with Crippen LogP contribution in [0, 0.1) is 13.8 Å². The van der Waals surface area contributed by atoms with Gasteiger partial charge in [-0.1, -0.05) is 11.6 Å². The lowest BCUT2D eigenvalue weighted by molar-refractivity contribution is -0.110. The number of aryl methyl sites for hydroxylation is 2. The predicted octanol–water partition coefficient (Wildman–Crippen LogP) is 1.77.